The van der Waals surface area contributed by atoms with E-state index in [0.29, 0.717) is 12.5 Å². The molecule has 6 heteroatoms. The maximum atomic E-state index is 10.5. The van der Waals surface area contributed by atoms with Crippen molar-refractivity contribution in [3.05, 3.63) is 29.8 Å². The highest BCUT2D eigenvalue weighted by Gasteiger charge is 2.32. The summed E-state index contributed by atoms with van der Waals surface area (Å²) in [5.74, 6) is 4.18. The molecule has 0 bridgehead atoms. The zero-order valence-corrected chi connectivity index (χ0v) is 16.0. The van der Waals surface area contributed by atoms with E-state index in [-0.39, 0.29) is 0 Å². The molecule has 25 heavy (non-hydrogen) atoms. The number of guanidine groups is 1. The number of ether oxygens (including phenoxy) is 1. The first-order valence-corrected chi connectivity index (χ1v) is 10.3. The highest BCUT2D eigenvalue weighted by atomic mass is 32.2. The summed E-state index contributed by atoms with van der Waals surface area (Å²) < 4.78 is 5.25. The fourth-order valence-corrected chi connectivity index (χ4v) is 4.75. The Morgan fingerprint density at radius 1 is 1.44 bits per heavy atom. The third-order valence-electron chi connectivity index (χ3n) is 5.02. The standard InChI is InChI=1S/C19H29N3O2S/c1-3-20-18(21-13-19(23)9-11-25-14-19)22-10-8-16(12-22)15-4-6-17(24-2)7-5-15/h4-7,16,23H,3,8-14H2,1-2H3,(H,20,21). The van der Waals surface area contributed by atoms with Crippen LogP contribution in [0.5, 0.6) is 5.75 Å². The second kappa shape index (κ2) is 8.32. The quantitative estimate of drug-likeness (QED) is 0.621. The van der Waals surface area contributed by atoms with Gasteiger partial charge in [-0.3, -0.25) is 4.99 Å². The molecule has 2 aliphatic rings. The molecule has 5 nitrogen and oxygen atoms in total. The van der Waals surface area contributed by atoms with Crippen molar-refractivity contribution in [3.63, 3.8) is 0 Å². The molecule has 2 unspecified atom stereocenters. The summed E-state index contributed by atoms with van der Waals surface area (Å²) in [7, 11) is 1.70. The van der Waals surface area contributed by atoms with Gasteiger partial charge in [0.2, 0.25) is 0 Å². The van der Waals surface area contributed by atoms with Gasteiger partial charge in [-0.25, -0.2) is 0 Å². The first-order valence-electron chi connectivity index (χ1n) is 9.11. The summed E-state index contributed by atoms with van der Waals surface area (Å²) in [6.07, 6.45) is 1.96. The molecule has 2 heterocycles. The van der Waals surface area contributed by atoms with Crippen molar-refractivity contribution in [3.8, 4) is 5.75 Å². The van der Waals surface area contributed by atoms with E-state index in [0.717, 1.165) is 55.7 Å². The van der Waals surface area contributed by atoms with E-state index in [2.05, 4.69) is 29.3 Å². The summed E-state index contributed by atoms with van der Waals surface area (Å²) in [6.45, 7) is 5.38. The fraction of sp³-hybridized carbons (Fsp3) is 0.632. The van der Waals surface area contributed by atoms with E-state index >= 15 is 0 Å². The molecule has 0 aliphatic carbocycles. The normalized spacial score (nSPS) is 26.9. The average Bonchev–Trinajstić information content (AvgIpc) is 3.29. The van der Waals surface area contributed by atoms with Crippen LogP contribution >= 0.6 is 11.8 Å². The Bertz CT molecular complexity index is 585. The average molecular weight is 364 g/mol. The number of rotatable bonds is 5. The van der Waals surface area contributed by atoms with E-state index in [9.17, 15) is 5.11 Å². The Balaban J connectivity index is 1.64. The largest absolute Gasteiger partial charge is 0.497 e. The van der Waals surface area contributed by atoms with Crippen LogP contribution in [0.3, 0.4) is 0 Å². The summed E-state index contributed by atoms with van der Waals surface area (Å²) >= 11 is 1.82. The van der Waals surface area contributed by atoms with Gasteiger partial charge >= 0.3 is 0 Å². The predicted octanol–water partition coefficient (Wildman–Crippen LogP) is 2.32. The third-order valence-corrected chi connectivity index (χ3v) is 6.25. The second-order valence-corrected chi connectivity index (χ2v) is 8.01. The van der Waals surface area contributed by atoms with Crippen LogP contribution in [0.2, 0.25) is 0 Å². The second-order valence-electron chi connectivity index (χ2n) is 6.90. The molecule has 0 amide bonds. The molecule has 1 aromatic rings. The third kappa shape index (κ3) is 4.61. The lowest BCUT2D eigenvalue weighted by atomic mass is 9.98. The van der Waals surface area contributed by atoms with E-state index in [1.54, 1.807) is 7.11 Å². The van der Waals surface area contributed by atoms with Gasteiger partial charge in [-0.15, -0.1) is 0 Å². The smallest absolute Gasteiger partial charge is 0.194 e. The van der Waals surface area contributed by atoms with E-state index < -0.39 is 5.60 Å². The van der Waals surface area contributed by atoms with E-state index in [1.807, 2.05) is 23.9 Å². The van der Waals surface area contributed by atoms with Gasteiger partial charge in [0.25, 0.3) is 0 Å². The minimum atomic E-state index is -0.625. The molecule has 0 spiro atoms. The Labute approximate surface area is 154 Å². The van der Waals surface area contributed by atoms with Crippen molar-refractivity contribution >= 4 is 17.7 Å². The summed E-state index contributed by atoms with van der Waals surface area (Å²) in [5, 5.41) is 13.9. The number of thioether (sulfide) groups is 1. The Morgan fingerprint density at radius 2 is 2.24 bits per heavy atom. The van der Waals surface area contributed by atoms with Gasteiger partial charge in [0, 0.05) is 31.3 Å². The molecule has 2 fully saturated rings. The van der Waals surface area contributed by atoms with E-state index in [4.69, 9.17) is 9.73 Å². The van der Waals surface area contributed by atoms with Crippen molar-refractivity contribution in [2.45, 2.75) is 31.3 Å². The number of aliphatic imine (C=N–C) groups is 1. The monoisotopic (exact) mass is 363 g/mol. The number of nitrogens with one attached hydrogen (secondary N) is 1. The number of benzene rings is 1. The highest BCUT2D eigenvalue weighted by molar-refractivity contribution is 7.99. The molecule has 2 N–H and O–H groups in total. The van der Waals surface area contributed by atoms with Crippen LogP contribution in [0, 0.1) is 0 Å². The van der Waals surface area contributed by atoms with Gasteiger partial charge in [-0.2, -0.15) is 11.8 Å². The van der Waals surface area contributed by atoms with Gasteiger partial charge in [-0.05, 0) is 43.2 Å². The van der Waals surface area contributed by atoms with Crippen LogP contribution in [0.1, 0.15) is 31.2 Å². The lowest BCUT2D eigenvalue weighted by molar-refractivity contribution is 0.0776. The zero-order valence-electron chi connectivity index (χ0n) is 15.2. The van der Waals surface area contributed by atoms with Gasteiger partial charge in [0.05, 0.1) is 19.3 Å². The molecular weight excluding hydrogens is 334 g/mol. The summed E-state index contributed by atoms with van der Waals surface area (Å²) in [4.78, 5) is 7.08. The first-order chi connectivity index (χ1) is 12.1. The van der Waals surface area contributed by atoms with E-state index in [1.165, 1.54) is 5.56 Å². The molecule has 2 aliphatic heterocycles. The van der Waals surface area contributed by atoms with Gasteiger partial charge in [-0.1, -0.05) is 12.1 Å². The molecule has 2 atom stereocenters. The number of methoxy groups -OCH3 is 1. The van der Waals surface area contributed by atoms with Crippen molar-refractivity contribution in [1.29, 1.82) is 0 Å². The van der Waals surface area contributed by atoms with Crippen molar-refractivity contribution in [2.75, 3.05) is 44.8 Å². The maximum Gasteiger partial charge on any atom is 0.194 e. The number of nitrogens with zero attached hydrogens (tertiary/aromatic N) is 2. The van der Waals surface area contributed by atoms with Gasteiger partial charge in [0.1, 0.15) is 5.75 Å². The van der Waals surface area contributed by atoms with Gasteiger partial charge in [0.15, 0.2) is 5.96 Å². The van der Waals surface area contributed by atoms with Crippen molar-refractivity contribution < 1.29 is 9.84 Å². The molecule has 1 aromatic carbocycles. The van der Waals surface area contributed by atoms with Crippen LogP contribution in [-0.4, -0.2) is 66.4 Å². The molecular formula is C19H29N3O2S. The summed E-state index contributed by atoms with van der Waals surface area (Å²) in [6, 6.07) is 8.39. The molecule has 0 saturated carbocycles. The lowest BCUT2D eigenvalue weighted by Gasteiger charge is -2.24. The van der Waals surface area contributed by atoms with Crippen LogP contribution in [0.25, 0.3) is 0 Å². The number of likely N-dealkylation sites (tertiary alicyclic amines) is 1. The summed E-state index contributed by atoms with van der Waals surface area (Å²) in [5.41, 5.74) is 0.727. The Morgan fingerprint density at radius 3 is 2.88 bits per heavy atom. The molecule has 3 rings (SSSR count). The van der Waals surface area contributed by atoms with Crippen LogP contribution in [0.4, 0.5) is 0 Å². The number of hydrogen-bond acceptors (Lipinski definition) is 4. The molecule has 2 saturated heterocycles. The van der Waals surface area contributed by atoms with Crippen LogP contribution in [0.15, 0.2) is 29.3 Å². The number of hydrogen-bond donors (Lipinski definition) is 2. The van der Waals surface area contributed by atoms with Crippen molar-refractivity contribution in [1.82, 2.24) is 10.2 Å². The lowest BCUT2D eigenvalue weighted by Crippen LogP contribution is -2.42. The fourth-order valence-electron chi connectivity index (χ4n) is 3.47. The number of aliphatic hydroxyl groups is 1. The Hall–Kier alpha value is -1.40. The Kier molecular flexibility index (Phi) is 6.12. The predicted molar refractivity (Wildman–Crippen MR) is 105 cm³/mol. The first kappa shape index (κ1) is 18.4. The van der Waals surface area contributed by atoms with Crippen LogP contribution < -0.4 is 10.1 Å². The molecule has 0 aromatic heterocycles. The van der Waals surface area contributed by atoms with Gasteiger partial charge < -0.3 is 20.1 Å². The highest BCUT2D eigenvalue weighted by Crippen LogP contribution is 2.30. The topological polar surface area (TPSA) is 57.1 Å². The van der Waals surface area contributed by atoms with Crippen molar-refractivity contribution in [2.24, 2.45) is 4.99 Å². The molecule has 138 valence electrons. The zero-order chi connectivity index (χ0) is 17.7. The minimum Gasteiger partial charge on any atom is -0.497 e. The minimum absolute atomic E-state index is 0.492. The maximum absolute atomic E-state index is 10.5. The SMILES string of the molecule is CCNC(=NCC1(O)CCSC1)N1CCC(c2ccc(OC)cc2)C1. The molecule has 0 radical (unpaired) electrons. The van der Waals surface area contributed by atoms with Crippen LogP contribution in [-0.2, 0) is 0 Å².